The molecule has 3 atom stereocenters. The second-order valence-electron chi connectivity index (χ2n) is 5.48. The summed E-state index contributed by atoms with van der Waals surface area (Å²) < 4.78 is 0. The van der Waals surface area contributed by atoms with Crippen LogP contribution in [0.4, 0.5) is 0 Å². The van der Waals surface area contributed by atoms with Crippen LogP contribution in [0.3, 0.4) is 0 Å². The van der Waals surface area contributed by atoms with Gasteiger partial charge in [-0.25, -0.2) is 0 Å². The average molecular weight is 252 g/mol. The van der Waals surface area contributed by atoms with Gasteiger partial charge in [0.25, 0.3) is 0 Å². The topological polar surface area (TPSA) is 51.2 Å². The van der Waals surface area contributed by atoms with Crippen LogP contribution in [0.5, 0.6) is 0 Å². The molecule has 18 heavy (non-hydrogen) atoms. The Hall–Kier alpha value is -0.990. The molecule has 0 radical (unpaired) electrons. The zero-order valence-corrected chi connectivity index (χ0v) is 11.1. The average Bonchev–Trinajstić information content (AvgIpc) is 2.39. The van der Waals surface area contributed by atoms with Crippen LogP contribution in [0, 0.1) is 17.8 Å². The molecule has 3 unspecified atom stereocenters. The van der Waals surface area contributed by atoms with Crippen molar-refractivity contribution in [1.29, 1.82) is 0 Å². The molecular formula is C15H24O3. The molecular weight excluding hydrogens is 228 g/mol. The van der Waals surface area contributed by atoms with Crippen LogP contribution in [0.1, 0.15) is 57.8 Å². The Morgan fingerprint density at radius 1 is 0.500 bits per heavy atom. The van der Waals surface area contributed by atoms with E-state index in [4.69, 9.17) is 0 Å². The third-order valence-corrected chi connectivity index (χ3v) is 4.04. The first-order valence-corrected chi connectivity index (χ1v) is 7.16. The lowest BCUT2D eigenvalue weighted by Crippen LogP contribution is -2.11. The van der Waals surface area contributed by atoms with E-state index >= 15 is 0 Å². The van der Waals surface area contributed by atoms with E-state index in [1.807, 2.05) is 0 Å². The Bertz CT molecular complexity index is 262. The summed E-state index contributed by atoms with van der Waals surface area (Å²) in [4.78, 5) is 32.8. The molecule has 1 saturated carbocycles. The number of carbonyl (C=O) groups is 3. The summed E-state index contributed by atoms with van der Waals surface area (Å²) in [7, 11) is 0. The van der Waals surface area contributed by atoms with Crippen molar-refractivity contribution in [3.05, 3.63) is 0 Å². The molecule has 1 rings (SSSR count). The van der Waals surface area contributed by atoms with Gasteiger partial charge in [-0.2, -0.15) is 0 Å². The van der Waals surface area contributed by atoms with Crippen LogP contribution in [0.15, 0.2) is 0 Å². The Morgan fingerprint density at radius 3 is 1.22 bits per heavy atom. The second kappa shape index (κ2) is 9.01. The second-order valence-corrected chi connectivity index (χ2v) is 5.48. The normalized spacial score (nSPS) is 31.7. The molecule has 1 aliphatic rings. The lowest BCUT2D eigenvalue weighted by Gasteiger charge is -2.17. The fourth-order valence-corrected chi connectivity index (χ4v) is 2.72. The van der Waals surface area contributed by atoms with E-state index in [-0.39, 0.29) is 17.8 Å². The van der Waals surface area contributed by atoms with Gasteiger partial charge in [-0.15, -0.1) is 0 Å². The SMILES string of the molecule is O=CC1CCCCC(C=O)CCC(C=O)CCC1. The van der Waals surface area contributed by atoms with Gasteiger partial charge in [0, 0.05) is 17.8 Å². The van der Waals surface area contributed by atoms with Gasteiger partial charge in [-0.05, 0) is 38.5 Å². The van der Waals surface area contributed by atoms with Gasteiger partial charge in [0.2, 0.25) is 0 Å². The predicted molar refractivity (Wildman–Crippen MR) is 70.2 cm³/mol. The molecule has 0 aromatic heterocycles. The predicted octanol–water partition coefficient (Wildman–Crippen LogP) is 2.96. The van der Waals surface area contributed by atoms with Gasteiger partial charge in [-0.3, -0.25) is 0 Å². The van der Waals surface area contributed by atoms with Crippen LogP contribution in [0.2, 0.25) is 0 Å². The lowest BCUT2D eigenvalue weighted by atomic mass is 9.87. The minimum absolute atomic E-state index is 0.0687. The summed E-state index contributed by atoms with van der Waals surface area (Å²) in [5.41, 5.74) is 0. The number of hydrogen-bond acceptors (Lipinski definition) is 3. The number of hydrogen-bond donors (Lipinski definition) is 0. The highest BCUT2D eigenvalue weighted by Gasteiger charge is 2.16. The fourth-order valence-electron chi connectivity index (χ4n) is 2.72. The van der Waals surface area contributed by atoms with E-state index in [9.17, 15) is 14.4 Å². The van der Waals surface area contributed by atoms with E-state index in [0.29, 0.717) is 0 Å². The minimum atomic E-state index is 0.0687. The maximum Gasteiger partial charge on any atom is 0.123 e. The van der Waals surface area contributed by atoms with Crippen molar-refractivity contribution in [3.8, 4) is 0 Å². The summed E-state index contributed by atoms with van der Waals surface area (Å²) in [5, 5.41) is 0. The maximum absolute atomic E-state index is 11.0. The van der Waals surface area contributed by atoms with Crippen molar-refractivity contribution >= 4 is 18.9 Å². The molecule has 1 fully saturated rings. The van der Waals surface area contributed by atoms with Crippen molar-refractivity contribution in [2.75, 3.05) is 0 Å². The molecule has 0 amide bonds. The lowest BCUT2D eigenvalue weighted by molar-refractivity contribution is -0.114. The number of carbonyl (C=O) groups excluding carboxylic acids is 3. The van der Waals surface area contributed by atoms with Gasteiger partial charge in [0.05, 0.1) is 0 Å². The van der Waals surface area contributed by atoms with Gasteiger partial charge >= 0.3 is 0 Å². The fraction of sp³-hybridized carbons (Fsp3) is 0.800. The van der Waals surface area contributed by atoms with Crippen LogP contribution < -0.4 is 0 Å². The van der Waals surface area contributed by atoms with Crippen LogP contribution >= 0.6 is 0 Å². The summed E-state index contributed by atoms with van der Waals surface area (Å²) in [5.74, 6) is 0.312. The van der Waals surface area contributed by atoms with Crippen molar-refractivity contribution < 1.29 is 14.4 Å². The van der Waals surface area contributed by atoms with Gasteiger partial charge < -0.3 is 14.4 Å². The molecule has 0 saturated heterocycles. The molecule has 0 aromatic rings. The third kappa shape index (κ3) is 5.56. The summed E-state index contributed by atoms with van der Waals surface area (Å²) in [6.07, 6.45) is 11.4. The molecule has 102 valence electrons. The van der Waals surface area contributed by atoms with Crippen molar-refractivity contribution in [2.24, 2.45) is 17.8 Å². The number of rotatable bonds is 3. The van der Waals surface area contributed by atoms with Crippen LogP contribution in [0.25, 0.3) is 0 Å². The van der Waals surface area contributed by atoms with Gasteiger partial charge in [0.1, 0.15) is 18.9 Å². The quantitative estimate of drug-likeness (QED) is 0.726. The van der Waals surface area contributed by atoms with Crippen molar-refractivity contribution in [1.82, 2.24) is 0 Å². The highest BCUT2D eigenvalue weighted by atomic mass is 16.1. The van der Waals surface area contributed by atoms with E-state index in [1.54, 1.807) is 0 Å². The molecule has 1 aliphatic carbocycles. The highest BCUT2D eigenvalue weighted by molar-refractivity contribution is 5.55. The van der Waals surface area contributed by atoms with E-state index in [0.717, 1.165) is 76.6 Å². The Balaban J connectivity index is 2.52. The minimum Gasteiger partial charge on any atom is -0.303 e. The summed E-state index contributed by atoms with van der Waals surface area (Å²) >= 11 is 0. The molecule has 0 N–H and O–H groups in total. The van der Waals surface area contributed by atoms with E-state index in [1.165, 1.54) is 0 Å². The van der Waals surface area contributed by atoms with E-state index in [2.05, 4.69) is 0 Å². The smallest absolute Gasteiger partial charge is 0.123 e. The first kappa shape index (κ1) is 15.1. The van der Waals surface area contributed by atoms with Gasteiger partial charge in [0.15, 0.2) is 0 Å². The van der Waals surface area contributed by atoms with Crippen LogP contribution in [-0.4, -0.2) is 18.9 Å². The number of aldehydes is 3. The van der Waals surface area contributed by atoms with E-state index < -0.39 is 0 Å². The first-order valence-electron chi connectivity index (χ1n) is 7.16. The molecule has 0 spiro atoms. The molecule has 0 heterocycles. The third-order valence-electron chi connectivity index (χ3n) is 4.04. The van der Waals surface area contributed by atoms with Crippen LogP contribution in [-0.2, 0) is 14.4 Å². The Labute approximate surface area is 109 Å². The standard InChI is InChI=1S/C15H24O3/c16-10-13-4-1-2-5-14(11-17)8-9-15(12-18)7-3-6-13/h10-15H,1-9H2. The molecule has 0 aliphatic heterocycles. The maximum atomic E-state index is 11.0. The largest absolute Gasteiger partial charge is 0.303 e. The van der Waals surface area contributed by atoms with Crippen molar-refractivity contribution in [2.45, 2.75) is 57.8 Å². The summed E-state index contributed by atoms with van der Waals surface area (Å²) in [6, 6.07) is 0. The monoisotopic (exact) mass is 252 g/mol. The van der Waals surface area contributed by atoms with Gasteiger partial charge in [-0.1, -0.05) is 19.3 Å². The molecule has 0 bridgehead atoms. The molecule has 3 heteroatoms. The zero-order chi connectivity index (χ0) is 13.2. The first-order chi connectivity index (χ1) is 8.80. The molecule has 0 aromatic carbocycles. The van der Waals surface area contributed by atoms with Crippen molar-refractivity contribution in [3.63, 3.8) is 0 Å². The highest BCUT2D eigenvalue weighted by Crippen LogP contribution is 2.24. The molecule has 3 nitrogen and oxygen atoms in total. The summed E-state index contributed by atoms with van der Waals surface area (Å²) in [6.45, 7) is 0. The zero-order valence-electron chi connectivity index (χ0n) is 11.1. The Morgan fingerprint density at radius 2 is 0.833 bits per heavy atom. The Kier molecular flexibility index (Phi) is 7.54.